The average Bonchev–Trinajstić information content (AvgIpc) is 3.10. The van der Waals surface area contributed by atoms with Gasteiger partial charge < -0.3 is 19.3 Å². The van der Waals surface area contributed by atoms with Crippen molar-refractivity contribution in [3.05, 3.63) is 52.2 Å². The number of hydrogen-bond donors (Lipinski definition) is 2. The molecule has 0 saturated carbocycles. The van der Waals surface area contributed by atoms with Gasteiger partial charge in [0.25, 0.3) is 5.91 Å². The molecule has 0 aromatic carbocycles. The van der Waals surface area contributed by atoms with Crippen LogP contribution >= 0.6 is 0 Å². The molecule has 1 amide bonds. The van der Waals surface area contributed by atoms with Crippen LogP contribution in [0.5, 0.6) is 0 Å². The molecule has 0 saturated heterocycles. The monoisotopic (exact) mass is 294 g/mol. The molecule has 2 aromatic rings. The first-order valence-corrected chi connectivity index (χ1v) is 6.24. The summed E-state index contributed by atoms with van der Waals surface area (Å²) in [5, 5.41) is 22.9. The predicted molar refractivity (Wildman–Crippen MR) is 70.6 cm³/mol. The average molecular weight is 294 g/mol. The van der Waals surface area contributed by atoms with Crippen LogP contribution in [0.25, 0.3) is 0 Å². The van der Waals surface area contributed by atoms with E-state index >= 15 is 0 Å². The SMILES string of the molecule is C[C@H](C[C@H](O)c1ccco1)NC(=O)c1ccc([N+](=O)[O-])o1. The summed E-state index contributed by atoms with van der Waals surface area (Å²) in [6.07, 6.45) is 0.840. The molecule has 8 nitrogen and oxygen atoms in total. The third-order valence-electron chi connectivity index (χ3n) is 2.82. The molecule has 2 N–H and O–H groups in total. The molecule has 0 spiro atoms. The van der Waals surface area contributed by atoms with Crippen molar-refractivity contribution in [2.75, 3.05) is 0 Å². The van der Waals surface area contributed by atoms with E-state index in [2.05, 4.69) is 5.32 Å². The first-order chi connectivity index (χ1) is 9.97. The van der Waals surface area contributed by atoms with Crippen molar-refractivity contribution in [1.82, 2.24) is 5.32 Å². The topological polar surface area (TPSA) is 119 Å². The molecule has 0 radical (unpaired) electrons. The molecule has 2 rings (SSSR count). The number of nitrogens with one attached hydrogen (secondary N) is 1. The number of aliphatic hydroxyl groups excluding tert-OH is 1. The van der Waals surface area contributed by atoms with Crippen molar-refractivity contribution in [2.24, 2.45) is 0 Å². The van der Waals surface area contributed by atoms with Gasteiger partial charge >= 0.3 is 5.88 Å². The normalized spacial score (nSPS) is 13.6. The van der Waals surface area contributed by atoms with Gasteiger partial charge in [0, 0.05) is 12.5 Å². The lowest BCUT2D eigenvalue weighted by molar-refractivity contribution is -0.402. The van der Waals surface area contributed by atoms with Gasteiger partial charge in [-0.15, -0.1) is 0 Å². The summed E-state index contributed by atoms with van der Waals surface area (Å²) in [5.41, 5.74) is 0. The molecule has 0 aliphatic carbocycles. The molecule has 0 bridgehead atoms. The van der Waals surface area contributed by atoms with E-state index in [0.29, 0.717) is 5.76 Å². The Morgan fingerprint density at radius 3 is 2.81 bits per heavy atom. The number of rotatable bonds is 6. The number of amides is 1. The minimum Gasteiger partial charge on any atom is -0.467 e. The van der Waals surface area contributed by atoms with E-state index in [-0.39, 0.29) is 18.2 Å². The molecule has 8 heteroatoms. The highest BCUT2D eigenvalue weighted by molar-refractivity contribution is 5.91. The molecule has 0 aliphatic heterocycles. The van der Waals surface area contributed by atoms with Crippen LogP contribution in [-0.2, 0) is 0 Å². The fourth-order valence-electron chi connectivity index (χ4n) is 1.83. The smallest absolute Gasteiger partial charge is 0.433 e. The molecule has 112 valence electrons. The zero-order chi connectivity index (χ0) is 15.4. The lowest BCUT2D eigenvalue weighted by Crippen LogP contribution is -2.33. The van der Waals surface area contributed by atoms with Crippen LogP contribution in [0.4, 0.5) is 5.88 Å². The molecular weight excluding hydrogens is 280 g/mol. The summed E-state index contributed by atoms with van der Waals surface area (Å²) in [7, 11) is 0. The predicted octanol–water partition coefficient (Wildman–Crippen LogP) is 2.02. The molecule has 0 aliphatic rings. The van der Waals surface area contributed by atoms with Crippen molar-refractivity contribution >= 4 is 11.8 Å². The summed E-state index contributed by atoms with van der Waals surface area (Å²) in [6.45, 7) is 1.70. The van der Waals surface area contributed by atoms with Crippen molar-refractivity contribution in [3.63, 3.8) is 0 Å². The highest BCUT2D eigenvalue weighted by Gasteiger charge is 2.20. The van der Waals surface area contributed by atoms with Crippen molar-refractivity contribution in [1.29, 1.82) is 0 Å². The lowest BCUT2D eigenvalue weighted by atomic mass is 10.1. The second-order valence-corrected chi connectivity index (χ2v) is 4.54. The van der Waals surface area contributed by atoms with E-state index in [9.17, 15) is 20.0 Å². The molecule has 0 unspecified atom stereocenters. The molecule has 21 heavy (non-hydrogen) atoms. The van der Waals surface area contributed by atoms with E-state index in [1.807, 2.05) is 0 Å². The number of carbonyl (C=O) groups is 1. The molecular formula is C13H14N2O6. The summed E-state index contributed by atoms with van der Waals surface area (Å²) in [5.74, 6) is -0.823. The van der Waals surface area contributed by atoms with Crippen LogP contribution in [0.2, 0.25) is 0 Å². The summed E-state index contributed by atoms with van der Waals surface area (Å²) in [4.78, 5) is 21.6. The molecule has 2 atom stereocenters. The molecule has 2 heterocycles. The first kappa shape index (κ1) is 14.8. The Bertz CT molecular complexity index is 618. The number of furan rings is 2. The number of aliphatic hydroxyl groups is 1. The van der Waals surface area contributed by atoms with Crippen molar-refractivity contribution < 1.29 is 23.7 Å². The first-order valence-electron chi connectivity index (χ1n) is 6.24. The fraction of sp³-hybridized carbons (Fsp3) is 0.308. The largest absolute Gasteiger partial charge is 0.467 e. The van der Waals surface area contributed by atoms with E-state index in [0.717, 1.165) is 6.07 Å². The van der Waals surface area contributed by atoms with E-state index in [1.54, 1.807) is 19.1 Å². The minimum atomic E-state index is -0.846. The van der Waals surface area contributed by atoms with Gasteiger partial charge in [-0.1, -0.05) is 0 Å². The Kier molecular flexibility index (Phi) is 4.39. The van der Waals surface area contributed by atoms with Crippen LogP contribution in [0.1, 0.15) is 35.8 Å². The van der Waals surface area contributed by atoms with Crippen molar-refractivity contribution in [2.45, 2.75) is 25.5 Å². The van der Waals surface area contributed by atoms with Gasteiger partial charge in [0.2, 0.25) is 0 Å². The van der Waals surface area contributed by atoms with Gasteiger partial charge in [0.05, 0.1) is 12.3 Å². The highest BCUT2D eigenvalue weighted by Crippen LogP contribution is 2.19. The van der Waals surface area contributed by atoms with Gasteiger partial charge in [-0.25, -0.2) is 0 Å². The zero-order valence-corrected chi connectivity index (χ0v) is 11.2. The standard InChI is InChI=1S/C13H14N2O6/c1-8(7-9(16)10-3-2-6-20-10)14-13(17)11-4-5-12(21-11)15(18)19/h2-6,8-9,16H,7H2,1H3,(H,14,17)/t8-,9+/m1/s1. The van der Waals surface area contributed by atoms with Crippen LogP contribution in [0.3, 0.4) is 0 Å². The fourth-order valence-corrected chi connectivity index (χ4v) is 1.83. The zero-order valence-electron chi connectivity index (χ0n) is 11.2. The molecule has 2 aromatic heterocycles. The maximum absolute atomic E-state index is 11.8. The van der Waals surface area contributed by atoms with Crippen molar-refractivity contribution in [3.8, 4) is 0 Å². The van der Waals surface area contributed by atoms with E-state index in [4.69, 9.17) is 8.83 Å². The number of nitro groups is 1. The quantitative estimate of drug-likeness (QED) is 0.621. The van der Waals surface area contributed by atoms with Crippen LogP contribution < -0.4 is 5.32 Å². The van der Waals surface area contributed by atoms with Gasteiger partial charge in [-0.05, 0) is 25.1 Å². The Hall–Kier alpha value is -2.61. The maximum atomic E-state index is 11.8. The number of carbonyl (C=O) groups excluding carboxylic acids is 1. The van der Waals surface area contributed by atoms with Crippen LogP contribution in [-0.4, -0.2) is 22.0 Å². The third-order valence-corrected chi connectivity index (χ3v) is 2.82. The Balaban J connectivity index is 1.91. The van der Waals surface area contributed by atoms with E-state index < -0.39 is 22.8 Å². The summed E-state index contributed by atoms with van der Waals surface area (Å²) >= 11 is 0. The van der Waals surface area contributed by atoms with Gasteiger partial charge in [-0.2, -0.15) is 0 Å². The highest BCUT2D eigenvalue weighted by atomic mass is 16.6. The number of nitrogens with zero attached hydrogens (tertiary/aromatic N) is 1. The Morgan fingerprint density at radius 2 is 2.24 bits per heavy atom. The van der Waals surface area contributed by atoms with Gasteiger partial charge in [0.15, 0.2) is 5.76 Å². The minimum absolute atomic E-state index is 0.152. The molecule has 0 fully saturated rings. The Morgan fingerprint density at radius 1 is 1.48 bits per heavy atom. The van der Waals surface area contributed by atoms with Gasteiger partial charge in [0.1, 0.15) is 16.8 Å². The second kappa shape index (κ2) is 6.23. The lowest BCUT2D eigenvalue weighted by Gasteiger charge is -2.15. The van der Waals surface area contributed by atoms with Crippen LogP contribution in [0, 0.1) is 10.1 Å². The van der Waals surface area contributed by atoms with E-state index in [1.165, 1.54) is 12.3 Å². The number of hydrogen-bond acceptors (Lipinski definition) is 6. The van der Waals surface area contributed by atoms with Crippen LogP contribution in [0.15, 0.2) is 39.4 Å². The summed E-state index contributed by atoms with van der Waals surface area (Å²) < 4.78 is 9.85. The summed E-state index contributed by atoms with van der Waals surface area (Å²) in [6, 6.07) is 5.25. The van der Waals surface area contributed by atoms with Gasteiger partial charge in [-0.3, -0.25) is 14.9 Å². The second-order valence-electron chi connectivity index (χ2n) is 4.54. The maximum Gasteiger partial charge on any atom is 0.433 e. The Labute approximate surface area is 119 Å². The third kappa shape index (κ3) is 3.69.